The van der Waals surface area contributed by atoms with Crippen molar-refractivity contribution in [3.05, 3.63) is 47.8 Å². The second kappa shape index (κ2) is 11.8. The number of nitrogens with two attached hydrogens (primary N) is 1. The van der Waals surface area contributed by atoms with E-state index in [9.17, 15) is 9.59 Å². The Morgan fingerprint density at radius 3 is 2.33 bits per heavy atom. The zero-order valence-electron chi connectivity index (χ0n) is 14.7. The van der Waals surface area contributed by atoms with Crippen molar-refractivity contribution >= 4 is 23.6 Å². The molecule has 0 aliphatic heterocycles. The van der Waals surface area contributed by atoms with Gasteiger partial charge < -0.3 is 20.7 Å². The highest BCUT2D eigenvalue weighted by Gasteiger charge is 1.99. The Balaban J connectivity index is 0.000000390. The van der Waals surface area contributed by atoms with Gasteiger partial charge in [-0.25, -0.2) is 0 Å². The molecule has 0 atom stereocenters. The monoisotopic (exact) mass is 333 g/mol. The van der Waals surface area contributed by atoms with E-state index < -0.39 is 5.97 Å². The van der Waals surface area contributed by atoms with Crippen LogP contribution >= 0.6 is 0 Å². The number of hydrogen-bond donors (Lipinski definition) is 3. The van der Waals surface area contributed by atoms with E-state index in [-0.39, 0.29) is 6.42 Å². The van der Waals surface area contributed by atoms with Gasteiger partial charge in [0.1, 0.15) is 0 Å². The number of hydrogen-bond acceptors (Lipinski definition) is 4. The van der Waals surface area contributed by atoms with Crippen LogP contribution in [0.15, 0.2) is 36.5 Å². The number of carboxylic acid groups (broad SMARTS) is 1. The number of nitrogen functional groups attached to an aromatic ring is 1. The molecule has 1 heterocycles. The summed E-state index contributed by atoms with van der Waals surface area (Å²) < 4.78 is 1.68. The van der Waals surface area contributed by atoms with Gasteiger partial charge in [-0.1, -0.05) is 32.4 Å². The first-order valence-corrected chi connectivity index (χ1v) is 7.73. The van der Waals surface area contributed by atoms with Gasteiger partial charge in [0.2, 0.25) is 0 Å². The molecule has 1 aromatic heterocycles. The molecule has 6 heteroatoms. The molecule has 2 rings (SSSR count). The van der Waals surface area contributed by atoms with Gasteiger partial charge in [-0.05, 0) is 23.8 Å². The molecule has 0 aliphatic carbocycles. The van der Waals surface area contributed by atoms with Gasteiger partial charge in [-0.15, -0.1) is 0 Å². The highest BCUT2D eigenvalue weighted by atomic mass is 16.4. The Hall–Kier alpha value is -2.76. The zero-order valence-corrected chi connectivity index (χ0v) is 14.7. The predicted molar refractivity (Wildman–Crippen MR) is 98.5 cm³/mol. The van der Waals surface area contributed by atoms with Crippen LogP contribution in [-0.2, 0) is 18.3 Å². The Kier molecular flexibility index (Phi) is 10.4. The Labute approximate surface area is 143 Å². The van der Waals surface area contributed by atoms with E-state index in [1.54, 1.807) is 37.0 Å². The second-order valence-electron chi connectivity index (χ2n) is 5.16. The fourth-order valence-electron chi connectivity index (χ4n) is 1.74. The molecule has 24 heavy (non-hydrogen) atoms. The normalized spacial score (nSPS) is 9.00. The van der Waals surface area contributed by atoms with Crippen LogP contribution in [0.25, 0.3) is 0 Å². The van der Waals surface area contributed by atoms with Gasteiger partial charge in [0.05, 0.1) is 17.8 Å². The molecule has 0 spiro atoms. The molecular weight excluding hydrogens is 306 g/mol. The summed E-state index contributed by atoms with van der Waals surface area (Å²) in [4.78, 5) is 20.5. The lowest BCUT2D eigenvalue weighted by Crippen LogP contribution is -2.00. The molecule has 4 N–H and O–H groups in total. The minimum Gasteiger partial charge on any atom is -0.481 e. The number of nitrogens with one attached hydrogen (secondary N) is 1. The molecule has 0 bridgehead atoms. The molecule has 2 aromatic rings. The molecule has 0 unspecified atom stereocenters. The summed E-state index contributed by atoms with van der Waals surface area (Å²) in [6.07, 6.45) is 3.80. The summed E-state index contributed by atoms with van der Waals surface area (Å²) in [6, 6.07) is 8.99. The molecule has 0 saturated heterocycles. The van der Waals surface area contributed by atoms with E-state index in [0.29, 0.717) is 11.4 Å². The van der Waals surface area contributed by atoms with Gasteiger partial charge in [-0.2, -0.15) is 0 Å². The summed E-state index contributed by atoms with van der Waals surface area (Å²) in [6.45, 7) is 4.25. The number of nitrogens with zero attached hydrogens (tertiary/aromatic N) is 1. The van der Waals surface area contributed by atoms with Crippen molar-refractivity contribution in [1.29, 1.82) is 0 Å². The third-order valence-electron chi connectivity index (χ3n) is 2.76. The summed E-state index contributed by atoms with van der Waals surface area (Å²) in [5, 5.41) is 11.5. The van der Waals surface area contributed by atoms with E-state index in [1.165, 1.54) is 6.42 Å². The smallest absolute Gasteiger partial charge is 0.307 e. The topological polar surface area (TPSA) is 97.3 Å². The van der Waals surface area contributed by atoms with Crippen LogP contribution in [0.4, 0.5) is 11.4 Å². The molecule has 0 saturated carbocycles. The molecule has 0 aliphatic rings. The van der Waals surface area contributed by atoms with E-state index in [4.69, 9.17) is 10.8 Å². The quantitative estimate of drug-likeness (QED) is 0.747. The predicted octanol–water partition coefficient (Wildman–Crippen LogP) is 3.19. The van der Waals surface area contributed by atoms with Gasteiger partial charge in [0.25, 0.3) is 0 Å². The third-order valence-corrected chi connectivity index (χ3v) is 2.76. The molecular formula is C18H27N3O3. The summed E-state index contributed by atoms with van der Waals surface area (Å²) >= 11 is 0. The maximum atomic E-state index is 10.3. The maximum Gasteiger partial charge on any atom is 0.307 e. The van der Waals surface area contributed by atoms with Crippen molar-refractivity contribution in [2.45, 2.75) is 26.7 Å². The average molecular weight is 333 g/mol. The SMILES string of the molecule is CCC.CNc1cccc(CC(=O)O)c1.Cn1cc(N)cc1C=O. The minimum absolute atomic E-state index is 0.0789. The van der Waals surface area contributed by atoms with Crippen molar-refractivity contribution in [1.82, 2.24) is 4.57 Å². The van der Waals surface area contributed by atoms with Crippen LogP contribution < -0.4 is 11.1 Å². The first kappa shape index (κ1) is 21.2. The van der Waals surface area contributed by atoms with Crippen LogP contribution in [0, 0.1) is 0 Å². The van der Waals surface area contributed by atoms with Gasteiger partial charge in [0.15, 0.2) is 6.29 Å². The standard InChI is InChI=1S/C9H11NO2.C6H8N2O.C3H8/c1-10-8-4-2-3-7(5-8)6-9(11)12;1-8-3-5(7)2-6(8)4-9;1-3-2/h2-5,10H,6H2,1H3,(H,11,12);2-4H,7H2,1H3;3H2,1-2H3. The number of aliphatic carboxylic acids is 1. The number of aldehydes is 1. The summed E-state index contributed by atoms with van der Waals surface area (Å²) in [5.41, 5.74) is 8.36. The average Bonchev–Trinajstić information content (AvgIpc) is 2.86. The van der Waals surface area contributed by atoms with E-state index in [0.717, 1.165) is 17.5 Å². The van der Waals surface area contributed by atoms with Crippen LogP contribution in [0.1, 0.15) is 36.3 Å². The molecule has 1 aromatic carbocycles. The van der Waals surface area contributed by atoms with Crippen LogP contribution in [0.3, 0.4) is 0 Å². The Bertz CT molecular complexity index is 636. The molecule has 0 amide bonds. The number of carbonyl (C=O) groups excluding carboxylic acids is 1. The van der Waals surface area contributed by atoms with Crippen molar-refractivity contribution in [3.8, 4) is 0 Å². The molecule has 0 radical (unpaired) electrons. The Morgan fingerprint density at radius 2 is 1.96 bits per heavy atom. The number of carboxylic acids is 1. The second-order valence-corrected chi connectivity index (χ2v) is 5.16. The van der Waals surface area contributed by atoms with Crippen molar-refractivity contribution in [2.24, 2.45) is 7.05 Å². The Morgan fingerprint density at radius 1 is 1.33 bits per heavy atom. The van der Waals surface area contributed by atoms with Gasteiger partial charge in [0, 0.05) is 26.0 Å². The highest BCUT2D eigenvalue weighted by molar-refractivity contribution is 5.74. The summed E-state index contributed by atoms with van der Waals surface area (Å²) in [7, 11) is 3.58. The van der Waals surface area contributed by atoms with E-state index in [1.807, 2.05) is 18.2 Å². The first-order chi connectivity index (χ1) is 11.4. The molecule has 0 fully saturated rings. The fourth-order valence-corrected chi connectivity index (χ4v) is 1.74. The summed E-state index contributed by atoms with van der Waals surface area (Å²) in [5.74, 6) is -0.803. The van der Waals surface area contributed by atoms with Gasteiger partial charge in [-0.3, -0.25) is 9.59 Å². The number of carbonyl (C=O) groups is 2. The fraction of sp³-hybridized carbons (Fsp3) is 0.333. The lowest BCUT2D eigenvalue weighted by atomic mass is 10.1. The zero-order chi connectivity index (χ0) is 18.5. The van der Waals surface area contributed by atoms with Crippen LogP contribution in [0.2, 0.25) is 0 Å². The number of anilines is 2. The van der Waals surface area contributed by atoms with Crippen LogP contribution in [-0.4, -0.2) is 29.0 Å². The lowest BCUT2D eigenvalue weighted by Gasteiger charge is -2.01. The number of rotatable bonds is 4. The highest BCUT2D eigenvalue weighted by Crippen LogP contribution is 2.09. The number of aromatic nitrogens is 1. The minimum atomic E-state index is -0.803. The first-order valence-electron chi connectivity index (χ1n) is 7.73. The lowest BCUT2D eigenvalue weighted by molar-refractivity contribution is -0.136. The van der Waals surface area contributed by atoms with Gasteiger partial charge >= 0.3 is 5.97 Å². The third kappa shape index (κ3) is 8.63. The molecule has 6 nitrogen and oxygen atoms in total. The number of benzene rings is 1. The largest absolute Gasteiger partial charge is 0.481 e. The van der Waals surface area contributed by atoms with E-state index >= 15 is 0 Å². The van der Waals surface area contributed by atoms with Crippen LogP contribution in [0.5, 0.6) is 0 Å². The number of aryl methyl sites for hydroxylation is 1. The van der Waals surface area contributed by atoms with Crippen molar-refractivity contribution < 1.29 is 14.7 Å². The van der Waals surface area contributed by atoms with Crippen molar-refractivity contribution in [2.75, 3.05) is 18.1 Å². The van der Waals surface area contributed by atoms with E-state index in [2.05, 4.69) is 19.2 Å². The maximum absolute atomic E-state index is 10.3. The van der Waals surface area contributed by atoms with Crippen molar-refractivity contribution in [3.63, 3.8) is 0 Å². The molecule has 132 valence electrons.